The largest absolute Gasteiger partial charge is 0.351 e. The van der Waals surface area contributed by atoms with Gasteiger partial charge in [-0.1, -0.05) is 0 Å². The molecule has 1 fully saturated rings. The Kier molecular flexibility index (Phi) is 3.75. The molecule has 3 heterocycles. The van der Waals surface area contributed by atoms with E-state index in [1.54, 1.807) is 18.5 Å². The molecule has 0 radical (unpaired) electrons. The molecule has 1 aliphatic rings. The molecule has 9 heteroatoms. The highest BCUT2D eigenvalue weighted by Crippen LogP contribution is 2.22. The second kappa shape index (κ2) is 5.55. The normalized spacial score (nSPS) is 20.6. The summed E-state index contributed by atoms with van der Waals surface area (Å²) >= 11 is 5.91. The van der Waals surface area contributed by atoms with Crippen molar-refractivity contribution >= 4 is 17.5 Å². The van der Waals surface area contributed by atoms with Crippen LogP contribution in [0.2, 0.25) is 5.28 Å². The van der Waals surface area contributed by atoms with E-state index in [0.717, 1.165) is 0 Å². The van der Waals surface area contributed by atoms with Crippen LogP contribution in [-0.4, -0.2) is 49.8 Å². The van der Waals surface area contributed by atoms with E-state index in [4.69, 9.17) is 21.1 Å². The Bertz CT molecular complexity index is 618. The fourth-order valence-corrected chi connectivity index (χ4v) is 2.13. The zero-order valence-corrected chi connectivity index (χ0v) is 12.4. The topological polar surface area (TPSA) is 87.0 Å². The molecule has 1 atom stereocenters. The molecule has 1 saturated heterocycles. The van der Waals surface area contributed by atoms with Crippen LogP contribution < -0.4 is 5.32 Å². The monoisotopic (exact) mass is 310 g/mol. The number of anilines is 1. The molecule has 0 amide bonds. The van der Waals surface area contributed by atoms with Gasteiger partial charge in [-0.3, -0.25) is 0 Å². The van der Waals surface area contributed by atoms with Crippen LogP contribution in [0.15, 0.2) is 18.5 Å². The average Bonchev–Trinajstić information content (AvgIpc) is 3.05. The smallest absolute Gasteiger partial charge is 0.256 e. The molecule has 1 N–H and O–H groups in total. The summed E-state index contributed by atoms with van der Waals surface area (Å²) in [6, 6.07) is 1.77. The third-order valence-electron chi connectivity index (χ3n) is 2.86. The van der Waals surface area contributed by atoms with Gasteiger partial charge in [0.2, 0.25) is 11.2 Å². The first-order chi connectivity index (χ1) is 10.0. The highest BCUT2D eigenvalue weighted by atomic mass is 35.5. The van der Waals surface area contributed by atoms with Gasteiger partial charge < -0.3 is 14.8 Å². The van der Waals surface area contributed by atoms with Gasteiger partial charge in [0.15, 0.2) is 5.79 Å². The lowest BCUT2D eigenvalue weighted by molar-refractivity contribution is -0.136. The van der Waals surface area contributed by atoms with Crippen LogP contribution in [0, 0.1) is 0 Å². The summed E-state index contributed by atoms with van der Waals surface area (Å²) < 4.78 is 12.7. The molecule has 3 rings (SSSR count). The third-order valence-corrected chi connectivity index (χ3v) is 3.03. The summed E-state index contributed by atoms with van der Waals surface area (Å²) in [7, 11) is 0. The van der Waals surface area contributed by atoms with Gasteiger partial charge in [0.1, 0.15) is 6.10 Å². The van der Waals surface area contributed by atoms with Gasteiger partial charge in [0.05, 0.1) is 6.61 Å². The molecule has 1 unspecified atom stereocenters. The average molecular weight is 311 g/mol. The Balaban J connectivity index is 1.69. The third kappa shape index (κ3) is 3.46. The Labute approximate surface area is 126 Å². The van der Waals surface area contributed by atoms with Crippen molar-refractivity contribution < 1.29 is 9.47 Å². The van der Waals surface area contributed by atoms with E-state index in [2.05, 4.69) is 25.4 Å². The Hall–Kier alpha value is -1.77. The molecule has 0 saturated carbocycles. The van der Waals surface area contributed by atoms with Crippen molar-refractivity contribution in [1.29, 1.82) is 0 Å². The molecular formula is C12H15ClN6O2. The van der Waals surface area contributed by atoms with E-state index in [9.17, 15) is 0 Å². The minimum Gasteiger partial charge on any atom is -0.351 e. The molecule has 21 heavy (non-hydrogen) atoms. The van der Waals surface area contributed by atoms with Gasteiger partial charge in [0.25, 0.3) is 5.95 Å². The maximum Gasteiger partial charge on any atom is 0.256 e. The number of hydrogen-bond acceptors (Lipinski definition) is 7. The SMILES string of the molecule is CC1(C)OCC(CNc2nc(Cl)nc(-n3cccn3)n2)O1. The molecule has 8 nitrogen and oxygen atoms in total. The molecule has 2 aromatic heterocycles. The summed E-state index contributed by atoms with van der Waals surface area (Å²) in [6.07, 6.45) is 3.30. The molecule has 1 aliphatic heterocycles. The van der Waals surface area contributed by atoms with Crippen LogP contribution in [0.3, 0.4) is 0 Å². The van der Waals surface area contributed by atoms with Crippen LogP contribution in [0.25, 0.3) is 5.95 Å². The highest BCUT2D eigenvalue weighted by Gasteiger charge is 2.32. The van der Waals surface area contributed by atoms with E-state index >= 15 is 0 Å². The number of halogens is 1. The molecule has 0 aromatic carbocycles. The molecule has 0 bridgehead atoms. The van der Waals surface area contributed by atoms with Crippen molar-refractivity contribution in [1.82, 2.24) is 24.7 Å². The van der Waals surface area contributed by atoms with Crippen molar-refractivity contribution in [2.45, 2.75) is 25.7 Å². The van der Waals surface area contributed by atoms with Crippen LogP contribution in [0.1, 0.15) is 13.8 Å². The molecule has 0 spiro atoms. The fraction of sp³-hybridized carbons (Fsp3) is 0.500. The number of nitrogens with zero attached hydrogens (tertiary/aromatic N) is 5. The lowest BCUT2D eigenvalue weighted by atomic mass is 10.4. The van der Waals surface area contributed by atoms with E-state index < -0.39 is 5.79 Å². The summed E-state index contributed by atoms with van der Waals surface area (Å²) in [6.45, 7) is 4.79. The summed E-state index contributed by atoms with van der Waals surface area (Å²) in [4.78, 5) is 12.3. The quantitative estimate of drug-likeness (QED) is 0.910. The first kappa shape index (κ1) is 14.2. The van der Waals surface area contributed by atoms with Gasteiger partial charge in [-0.05, 0) is 31.5 Å². The fourth-order valence-electron chi connectivity index (χ4n) is 1.98. The van der Waals surface area contributed by atoms with E-state index in [1.165, 1.54) is 4.68 Å². The van der Waals surface area contributed by atoms with Gasteiger partial charge in [-0.15, -0.1) is 0 Å². The van der Waals surface area contributed by atoms with E-state index in [0.29, 0.717) is 25.0 Å². The van der Waals surface area contributed by atoms with Gasteiger partial charge in [0, 0.05) is 18.9 Å². The van der Waals surface area contributed by atoms with Gasteiger partial charge in [-0.25, -0.2) is 4.68 Å². The predicted octanol–water partition coefficient (Wildman–Crippen LogP) is 1.27. The number of hydrogen-bond donors (Lipinski definition) is 1. The number of aromatic nitrogens is 5. The van der Waals surface area contributed by atoms with Crippen molar-refractivity contribution in [2.24, 2.45) is 0 Å². The Morgan fingerprint density at radius 3 is 2.95 bits per heavy atom. The summed E-state index contributed by atoms with van der Waals surface area (Å²) in [5.41, 5.74) is 0. The van der Waals surface area contributed by atoms with Gasteiger partial charge >= 0.3 is 0 Å². The number of nitrogens with one attached hydrogen (secondary N) is 1. The second-order valence-electron chi connectivity index (χ2n) is 5.01. The number of rotatable bonds is 4. The molecular weight excluding hydrogens is 296 g/mol. The Morgan fingerprint density at radius 2 is 2.29 bits per heavy atom. The van der Waals surface area contributed by atoms with E-state index in [1.807, 2.05) is 13.8 Å². The summed E-state index contributed by atoms with van der Waals surface area (Å²) in [5, 5.41) is 7.23. The van der Waals surface area contributed by atoms with Crippen LogP contribution in [0.5, 0.6) is 0 Å². The predicted molar refractivity (Wildman–Crippen MR) is 75.4 cm³/mol. The maximum absolute atomic E-state index is 5.91. The lowest BCUT2D eigenvalue weighted by Gasteiger charge is -2.17. The first-order valence-electron chi connectivity index (χ1n) is 6.49. The van der Waals surface area contributed by atoms with E-state index in [-0.39, 0.29) is 11.4 Å². The number of ether oxygens (including phenoxy) is 2. The zero-order chi connectivity index (χ0) is 14.9. The van der Waals surface area contributed by atoms with Crippen molar-refractivity contribution in [3.63, 3.8) is 0 Å². The second-order valence-corrected chi connectivity index (χ2v) is 5.35. The molecule has 112 valence electrons. The molecule has 2 aromatic rings. The van der Waals surface area contributed by atoms with Gasteiger partial charge in [-0.2, -0.15) is 20.1 Å². The molecule has 0 aliphatic carbocycles. The van der Waals surface area contributed by atoms with Crippen LogP contribution >= 0.6 is 11.6 Å². The first-order valence-corrected chi connectivity index (χ1v) is 6.87. The van der Waals surface area contributed by atoms with Crippen LogP contribution in [0.4, 0.5) is 5.95 Å². The standard InChI is InChI=1S/C12H15ClN6O2/c1-12(2)20-7-8(21-12)6-14-10-16-9(13)17-11(18-10)19-5-3-4-15-19/h3-5,8H,6-7H2,1-2H3,(H,14,16,17,18). The Morgan fingerprint density at radius 1 is 1.43 bits per heavy atom. The lowest BCUT2D eigenvalue weighted by Crippen LogP contribution is -2.26. The highest BCUT2D eigenvalue weighted by molar-refractivity contribution is 6.28. The van der Waals surface area contributed by atoms with Crippen molar-refractivity contribution in [2.75, 3.05) is 18.5 Å². The zero-order valence-electron chi connectivity index (χ0n) is 11.7. The minimum absolute atomic E-state index is 0.0660. The minimum atomic E-state index is -0.552. The maximum atomic E-state index is 5.91. The summed E-state index contributed by atoms with van der Waals surface area (Å²) in [5.74, 6) is 0.170. The van der Waals surface area contributed by atoms with Crippen LogP contribution in [-0.2, 0) is 9.47 Å². The van der Waals surface area contributed by atoms with Crippen molar-refractivity contribution in [3.05, 3.63) is 23.7 Å². The van der Waals surface area contributed by atoms with Crippen molar-refractivity contribution in [3.8, 4) is 5.95 Å².